The molecule has 2 nitrogen and oxygen atoms in total. The van der Waals surface area contributed by atoms with Gasteiger partial charge in [0.15, 0.2) is 5.78 Å². The van der Waals surface area contributed by atoms with E-state index >= 15 is 0 Å². The molecule has 0 saturated heterocycles. The first kappa shape index (κ1) is 14.0. The van der Waals surface area contributed by atoms with Crippen LogP contribution < -0.4 is 0 Å². The largest absolute Gasteiger partial charge is 0.293 e. The number of hydrogen-bond acceptors (Lipinski definition) is 3. The lowest BCUT2D eigenvalue weighted by Crippen LogP contribution is -2.23. The molecule has 0 saturated carbocycles. The molecular weight excluding hydrogens is 290 g/mol. The van der Waals surface area contributed by atoms with E-state index in [0.717, 1.165) is 12.1 Å². The molecule has 0 N–H and O–H groups in total. The van der Waals surface area contributed by atoms with Gasteiger partial charge in [0.1, 0.15) is 16.9 Å². The second-order valence-corrected chi connectivity index (χ2v) is 6.81. The second-order valence-electron chi connectivity index (χ2n) is 3.86. The van der Waals surface area contributed by atoms with Gasteiger partial charge in [0.25, 0.3) is 0 Å². The third-order valence-corrected chi connectivity index (χ3v) is 5.41. The van der Waals surface area contributed by atoms with Gasteiger partial charge in [-0.1, -0.05) is 6.07 Å². The van der Waals surface area contributed by atoms with E-state index in [9.17, 15) is 17.8 Å². The van der Waals surface area contributed by atoms with Crippen molar-refractivity contribution in [2.45, 2.75) is 16.4 Å². The summed E-state index contributed by atoms with van der Waals surface area (Å²) in [5, 5.41) is 0.877. The Morgan fingerprint density at radius 1 is 1.32 bits per heavy atom. The molecule has 2 rings (SSSR count). The van der Waals surface area contributed by atoms with Crippen LogP contribution in [-0.4, -0.2) is 15.2 Å². The van der Waals surface area contributed by atoms with Crippen molar-refractivity contribution < 1.29 is 17.8 Å². The number of benzene rings is 1. The lowest BCUT2D eigenvalue weighted by Gasteiger charge is -2.09. The van der Waals surface area contributed by atoms with E-state index in [4.69, 9.17) is 0 Å². The van der Waals surface area contributed by atoms with Crippen LogP contribution >= 0.6 is 11.3 Å². The quantitative estimate of drug-likeness (QED) is 0.811. The predicted molar refractivity (Wildman–Crippen MR) is 70.9 cm³/mol. The van der Waals surface area contributed by atoms with Crippen LogP contribution in [0.4, 0.5) is 8.78 Å². The summed E-state index contributed by atoms with van der Waals surface area (Å²) < 4.78 is 39.0. The van der Waals surface area contributed by atoms with Crippen LogP contribution in [0.2, 0.25) is 0 Å². The summed E-state index contributed by atoms with van der Waals surface area (Å²) in [6.45, 7) is 1.47. The highest BCUT2D eigenvalue weighted by molar-refractivity contribution is 7.88. The maximum absolute atomic E-state index is 13.5. The molecule has 1 aromatic heterocycles. The van der Waals surface area contributed by atoms with Crippen molar-refractivity contribution in [1.29, 1.82) is 0 Å². The average Bonchev–Trinajstić information content (AvgIpc) is 2.90. The van der Waals surface area contributed by atoms with Crippen molar-refractivity contribution in [3.63, 3.8) is 0 Å². The fraction of sp³-hybridized carbons (Fsp3) is 0.154. The third kappa shape index (κ3) is 2.96. The predicted octanol–water partition coefficient (Wildman–Crippen LogP) is 3.41. The molecule has 0 fully saturated rings. The Labute approximate surface area is 115 Å². The molecular formula is C13H10F2O2S2. The molecule has 6 heteroatoms. The van der Waals surface area contributed by atoms with E-state index in [2.05, 4.69) is 0 Å². The summed E-state index contributed by atoms with van der Waals surface area (Å²) in [6, 6.07) is 6.12. The molecule has 19 heavy (non-hydrogen) atoms. The first-order chi connectivity index (χ1) is 9.00. The number of carbonyl (C=O) groups excluding carboxylic acids is 1. The zero-order chi connectivity index (χ0) is 14.0. The molecule has 0 spiro atoms. The Bertz CT molecular complexity index is 624. The van der Waals surface area contributed by atoms with Crippen LogP contribution in [0, 0.1) is 11.6 Å². The molecule has 0 radical (unpaired) electrons. The van der Waals surface area contributed by atoms with Gasteiger partial charge in [-0.25, -0.2) is 8.78 Å². The van der Waals surface area contributed by atoms with Gasteiger partial charge in [-0.15, -0.1) is 11.3 Å². The van der Waals surface area contributed by atoms with Gasteiger partial charge in [-0.2, -0.15) is 0 Å². The maximum atomic E-state index is 13.5. The summed E-state index contributed by atoms with van der Waals surface area (Å²) in [5.74, 6) is -2.27. The van der Waals surface area contributed by atoms with Crippen molar-refractivity contribution in [1.82, 2.24) is 0 Å². The van der Waals surface area contributed by atoms with Crippen molar-refractivity contribution in [2.75, 3.05) is 0 Å². The van der Waals surface area contributed by atoms with Crippen molar-refractivity contribution >= 4 is 27.9 Å². The fourth-order valence-electron chi connectivity index (χ4n) is 1.56. The molecule has 2 aromatic rings. The van der Waals surface area contributed by atoms with Gasteiger partial charge in [0.2, 0.25) is 0 Å². The van der Waals surface area contributed by atoms with E-state index in [1.165, 1.54) is 18.3 Å². The molecule has 0 amide bonds. The van der Waals surface area contributed by atoms with Gasteiger partial charge in [0.05, 0.1) is 20.6 Å². The molecule has 100 valence electrons. The molecule has 0 aliphatic heterocycles. The normalized spacial score (nSPS) is 14.1. The van der Waals surface area contributed by atoms with Gasteiger partial charge < -0.3 is 0 Å². The molecule has 1 aromatic carbocycles. The molecule has 1 heterocycles. The number of rotatable bonds is 4. The van der Waals surface area contributed by atoms with E-state index in [1.54, 1.807) is 17.5 Å². The minimum atomic E-state index is -1.53. The topological polar surface area (TPSA) is 34.1 Å². The second kappa shape index (κ2) is 5.71. The number of carbonyl (C=O) groups is 1. The highest BCUT2D eigenvalue weighted by atomic mass is 32.2. The summed E-state index contributed by atoms with van der Waals surface area (Å²) in [5.41, 5.74) is -0.237. The minimum absolute atomic E-state index is 0.237. The van der Waals surface area contributed by atoms with Crippen molar-refractivity contribution in [3.8, 4) is 0 Å². The molecule has 2 atom stereocenters. The summed E-state index contributed by atoms with van der Waals surface area (Å²) >= 11 is 1.27. The van der Waals surface area contributed by atoms with Crippen LogP contribution in [0.1, 0.15) is 17.3 Å². The summed E-state index contributed by atoms with van der Waals surface area (Å²) in [4.78, 5) is 12.1. The molecule has 0 aliphatic carbocycles. The van der Waals surface area contributed by atoms with Crippen LogP contribution in [0.3, 0.4) is 0 Å². The molecule has 0 aliphatic rings. The highest BCUT2D eigenvalue weighted by Gasteiger charge is 2.25. The molecule has 2 unspecified atom stereocenters. The monoisotopic (exact) mass is 300 g/mol. The minimum Gasteiger partial charge on any atom is -0.293 e. The summed E-state index contributed by atoms with van der Waals surface area (Å²) in [6.07, 6.45) is 0. The third-order valence-electron chi connectivity index (χ3n) is 2.58. The number of ketones is 1. The van der Waals surface area contributed by atoms with Gasteiger partial charge >= 0.3 is 0 Å². The van der Waals surface area contributed by atoms with Crippen molar-refractivity contribution in [3.05, 3.63) is 52.9 Å². The Kier molecular flexibility index (Phi) is 4.21. The molecule has 0 bridgehead atoms. The zero-order valence-electron chi connectivity index (χ0n) is 9.93. The lowest BCUT2D eigenvalue weighted by molar-refractivity contribution is 0.0989. The number of Topliss-reactive ketones (excluding diaryl/α,β-unsaturated/α-hetero) is 1. The first-order valence-corrected chi connectivity index (χ1v) is 7.53. The van der Waals surface area contributed by atoms with E-state index in [1.807, 2.05) is 0 Å². The van der Waals surface area contributed by atoms with Crippen LogP contribution in [-0.2, 0) is 10.8 Å². The summed E-state index contributed by atoms with van der Waals surface area (Å²) in [7, 11) is -1.53. The van der Waals surface area contributed by atoms with Crippen LogP contribution in [0.15, 0.2) is 39.9 Å². The van der Waals surface area contributed by atoms with Gasteiger partial charge in [-0.3, -0.25) is 9.00 Å². The van der Waals surface area contributed by atoms with E-state index in [-0.39, 0.29) is 5.56 Å². The standard InChI is InChI=1S/C13H10F2O2S2/c1-8(19(17)12-3-2-6-18-12)13(16)10-5-4-9(14)7-11(10)15/h2-8H,1H3. The highest BCUT2D eigenvalue weighted by Crippen LogP contribution is 2.21. The van der Waals surface area contributed by atoms with Gasteiger partial charge in [-0.05, 0) is 30.5 Å². The van der Waals surface area contributed by atoms with Crippen LogP contribution in [0.25, 0.3) is 0 Å². The number of halogens is 2. The van der Waals surface area contributed by atoms with E-state index in [0.29, 0.717) is 10.3 Å². The SMILES string of the molecule is CC(C(=O)c1ccc(F)cc1F)S(=O)c1cccs1. The fourth-order valence-corrected chi connectivity index (χ4v) is 3.87. The number of hydrogen-bond donors (Lipinski definition) is 0. The first-order valence-electron chi connectivity index (χ1n) is 5.44. The Balaban J connectivity index is 2.26. The smallest absolute Gasteiger partial charge is 0.181 e. The zero-order valence-corrected chi connectivity index (χ0v) is 11.6. The number of thiophene rings is 1. The Morgan fingerprint density at radius 3 is 2.63 bits per heavy atom. The van der Waals surface area contributed by atoms with Gasteiger partial charge in [0, 0.05) is 6.07 Å². The average molecular weight is 300 g/mol. The Morgan fingerprint density at radius 2 is 2.05 bits per heavy atom. The maximum Gasteiger partial charge on any atom is 0.181 e. The van der Waals surface area contributed by atoms with Crippen molar-refractivity contribution in [2.24, 2.45) is 0 Å². The Hall–Kier alpha value is -1.40. The van der Waals surface area contributed by atoms with Crippen LogP contribution in [0.5, 0.6) is 0 Å². The lowest BCUT2D eigenvalue weighted by atomic mass is 10.1. The van der Waals surface area contributed by atoms with E-state index < -0.39 is 33.5 Å².